The fraction of sp³-hybridized carbons (Fsp3) is 0. The molecule has 1 nitrogen and oxygen atoms in total. The average Bonchev–Trinajstić information content (AvgIpc) is 2.43. The van der Waals surface area contributed by atoms with Crippen LogP contribution in [0.25, 0.3) is 6.08 Å². The summed E-state index contributed by atoms with van der Waals surface area (Å²) in [6, 6.07) is 11.5. The van der Waals surface area contributed by atoms with Crippen LogP contribution in [0.4, 0.5) is 4.39 Å². The normalized spacial score (nSPS) is 11.5. The highest BCUT2D eigenvalue weighted by molar-refractivity contribution is 9.12. The number of benzene rings is 2. The molecule has 0 aromatic heterocycles. The Morgan fingerprint density at radius 2 is 1.75 bits per heavy atom. The van der Waals surface area contributed by atoms with Crippen molar-refractivity contribution in [2.75, 3.05) is 0 Å². The minimum absolute atomic E-state index is 0.0626. The number of hydrogen-bond donors (Lipinski definition) is 0. The third kappa shape index (κ3) is 3.48. The Kier molecular flexibility index (Phi) is 4.97. The maximum Gasteiger partial charge on any atom is 0.201 e. The molecule has 2 aromatic rings. The fourth-order valence-corrected chi connectivity index (χ4v) is 2.53. The first-order valence-corrected chi connectivity index (χ1v) is 7.15. The van der Waals surface area contributed by atoms with Crippen LogP contribution in [0, 0.1) is 5.82 Å². The zero-order chi connectivity index (χ0) is 14.7. The lowest BCUT2D eigenvalue weighted by atomic mass is 10.1. The van der Waals surface area contributed by atoms with Gasteiger partial charge in [-0.1, -0.05) is 53.5 Å². The van der Waals surface area contributed by atoms with Crippen LogP contribution in [0.2, 0.25) is 10.0 Å². The number of carbonyl (C=O) groups is 1. The van der Waals surface area contributed by atoms with E-state index in [4.69, 9.17) is 23.2 Å². The van der Waals surface area contributed by atoms with E-state index >= 15 is 0 Å². The molecule has 0 bridgehead atoms. The number of allylic oxidation sites excluding steroid dienone is 1. The average molecular weight is 374 g/mol. The van der Waals surface area contributed by atoms with E-state index in [1.54, 1.807) is 6.08 Å². The first-order valence-electron chi connectivity index (χ1n) is 5.60. The standard InChI is InChI=1S/C15H8BrCl2FO/c16-11(6-9-4-2-1-3-5-9)15(20)10-7-14(19)13(18)8-12(10)17/h1-8H/b11-6-. The Hall–Kier alpha value is -1.16. The third-order valence-electron chi connectivity index (χ3n) is 2.56. The molecular formula is C15H8BrCl2FO. The molecule has 0 N–H and O–H groups in total. The number of rotatable bonds is 3. The summed E-state index contributed by atoms with van der Waals surface area (Å²) in [5.74, 6) is -1.09. The summed E-state index contributed by atoms with van der Waals surface area (Å²) in [6.07, 6.45) is 1.64. The Bertz CT molecular complexity index is 684. The molecule has 0 atom stereocenters. The highest BCUT2D eigenvalue weighted by Crippen LogP contribution is 2.28. The second-order valence-corrected chi connectivity index (χ2v) is 5.65. The molecule has 2 aromatic carbocycles. The lowest BCUT2D eigenvalue weighted by molar-refractivity contribution is 0.104. The van der Waals surface area contributed by atoms with Gasteiger partial charge in [0.25, 0.3) is 0 Å². The number of ketones is 1. The maximum absolute atomic E-state index is 13.4. The molecule has 102 valence electrons. The topological polar surface area (TPSA) is 17.1 Å². The van der Waals surface area contributed by atoms with Crippen LogP contribution in [0.15, 0.2) is 46.9 Å². The molecule has 0 unspecified atom stereocenters. The smallest absolute Gasteiger partial charge is 0.201 e. The van der Waals surface area contributed by atoms with Gasteiger partial charge in [0.2, 0.25) is 5.78 Å². The Balaban J connectivity index is 2.37. The van der Waals surface area contributed by atoms with Gasteiger partial charge >= 0.3 is 0 Å². The molecule has 0 amide bonds. The molecule has 0 fully saturated rings. The van der Waals surface area contributed by atoms with Gasteiger partial charge in [-0.15, -0.1) is 0 Å². The van der Waals surface area contributed by atoms with Crippen molar-refractivity contribution in [1.29, 1.82) is 0 Å². The van der Waals surface area contributed by atoms with Crippen molar-refractivity contribution in [2.45, 2.75) is 0 Å². The number of Topliss-reactive ketones (excluding diaryl/α,β-unsaturated/α-hetero) is 1. The van der Waals surface area contributed by atoms with Crippen molar-refractivity contribution >= 4 is 51.0 Å². The van der Waals surface area contributed by atoms with Crippen LogP contribution in [0.5, 0.6) is 0 Å². The third-order valence-corrected chi connectivity index (χ3v) is 3.76. The fourth-order valence-electron chi connectivity index (χ4n) is 1.59. The summed E-state index contributed by atoms with van der Waals surface area (Å²) < 4.78 is 13.7. The van der Waals surface area contributed by atoms with Crippen LogP contribution >= 0.6 is 39.1 Å². The molecule has 0 saturated heterocycles. The van der Waals surface area contributed by atoms with E-state index in [0.29, 0.717) is 0 Å². The summed E-state index contributed by atoms with van der Waals surface area (Å²) in [5.41, 5.74) is 0.908. The molecule has 0 spiro atoms. The van der Waals surface area contributed by atoms with E-state index in [0.717, 1.165) is 11.6 Å². The minimum Gasteiger partial charge on any atom is -0.288 e. The van der Waals surface area contributed by atoms with Gasteiger partial charge < -0.3 is 0 Å². The van der Waals surface area contributed by atoms with E-state index in [1.807, 2.05) is 30.3 Å². The number of hydrogen-bond acceptors (Lipinski definition) is 1. The monoisotopic (exact) mass is 372 g/mol. The SMILES string of the molecule is O=C(/C(Br)=C/c1ccccc1)c1cc(F)c(Cl)cc1Cl. The van der Waals surface area contributed by atoms with Crippen LogP contribution in [0.1, 0.15) is 15.9 Å². The molecule has 0 saturated carbocycles. The van der Waals surface area contributed by atoms with Crippen molar-refractivity contribution in [3.05, 3.63) is 73.9 Å². The zero-order valence-corrected chi connectivity index (χ0v) is 13.1. The van der Waals surface area contributed by atoms with Crippen molar-refractivity contribution in [1.82, 2.24) is 0 Å². The van der Waals surface area contributed by atoms with Crippen molar-refractivity contribution in [3.63, 3.8) is 0 Å². The number of halogens is 4. The van der Waals surface area contributed by atoms with Crippen LogP contribution in [-0.4, -0.2) is 5.78 Å². The zero-order valence-electron chi connectivity index (χ0n) is 10.0. The Morgan fingerprint density at radius 1 is 1.10 bits per heavy atom. The highest BCUT2D eigenvalue weighted by Gasteiger charge is 2.16. The first-order chi connectivity index (χ1) is 9.49. The van der Waals surface area contributed by atoms with Crippen molar-refractivity contribution < 1.29 is 9.18 Å². The van der Waals surface area contributed by atoms with Gasteiger partial charge in [0, 0.05) is 5.56 Å². The lowest BCUT2D eigenvalue weighted by Crippen LogP contribution is -2.01. The quantitative estimate of drug-likeness (QED) is 0.380. The summed E-state index contributed by atoms with van der Waals surface area (Å²) in [5, 5.41) is -0.00507. The van der Waals surface area contributed by atoms with E-state index in [9.17, 15) is 9.18 Å². The number of carbonyl (C=O) groups excluding carboxylic acids is 1. The first kappa shape index (κ1) is 15.2. The molecule has 0 aliphatic heterocycles. The van der Waals surface area contributed by atoms with Crippen molar-refractivity contribution in [2.24, 2.45) is 0 Å². The van der Waals surface area contributed by atoms with Gasteiger partial charge in [-0.2, -0.15) is 0 Å². The van der Waals surface area contributed by atoms with E-state index in [2.05, 4.69) is 15.9 Å². The van der Waals surface area contributed by atoms with Crippen LogP contribution in [-0.2, 0) is 0 Å². The Morgan fingerprint density at radius 3 is 2.40 bits per heavy atom. The largest absolute Gasteiger partial charge is 0.288 e. The van der Waals surface area contributed by atoms with Gasteiger partial charge in [-0.05, 0) is 39.7 Å². The Labute approximate surface area is 134 Å². The molecule has 5 heteroatoms. The van der Waals surface area contributed by atoms with E-state index in [-0.39, 0.29) is 20.1 Å². The van der Waals surface area contributed by atoms with Crippen LogP contribution in [0.3, 0.4) is 0 Å². The molecular weight excluding hydrogens is 366 g/mol. The summed E-state index contributed by atoms with van der Waals surface area (Å²) in [4.78, 5) is 12.2. The molecule has 20 heavy (non-hydrogen) atoms. The van der Waals surface area contributed by atoms with Gasteiger partial charge in [-0.25, -0.2) is 4.39 Å². The predicted octanol–water partition coefficient (Wildman–Crippen LogP) is 5.75. The molecule has 0 aliphatic rings. The predicted molar refractivity (Wildman–Crippen MR) is 84.1 cm³/mol. The molecule has 0 aliphatic carbocycles. The maximum atomic E-state index is 13.4. The second kappa shape index (κ2) is 6.53. The lowest BCUT2D eigenvalue weighted by Gasteiger charge is -2.05. The van der Waals surface area contributed by atoms with E-state index in [1.165, 1.54) is 6.07 Å². The van der Waals surface area contributed by atoms with Crippen molar-refractivity contribution in [3.8, 4) is 0 Å². The molecule has 2 rings (SSSR count). The van der Waals surface area contributed by atoms with E-state index < -0.39 is 11.6 Å². The minimum atomic E-state index is -0.681. The molecule has 0 radical (unpaired) electrons. The molecule has 0 heterocycles. The van der Waals surface area contributed by atoms with Gasteiger partial charge in [0.05, 0.1) is 14.5 Å². The van der Waals surface area contributed by atoms with Crippen LogP contribution < -0.4 is 0 Å². The highest BCUT2D eigenvalue weighted by atomic mass is 79.9. The summed E-state index contributed by atoms with van der Waals surface area (Å²) >= 11 is 14.7. The van der Waals surface area contributed by atoms with Gasteiger partial charge in [0.1, 0.15) is 5.82 Å². The van der Waals surface area contributed by atoms with Gasteiger partial charge in [0.15, 0.2) is 0 Å². The second-order valence-electron chi connectivity index (χ2n) is 3.98. The van der Waals surface area contributed by atoms with Gasteiger partial charge in [-0.3, -0.25) is 4.79 Å². The summed E-state index contributed by atoms with van der Waals surface area (Å²) in [6.45, 7) is 0. The summed E-state index contributed by atoms with van der Waals surface area (Å²) in [7, 11) is 0.